The Morgan fingerprint density at radius 3 is 1.11 bits per heavy atom. The van der Waals surface area contributed by atoms with E-state index in [1.807, 2.05) is 34.3 Å². The van der Waals surface area contributed by atoms with Gasteiger partial charge < -0.3 is 4.90 Å². The standard InChI is InChI=1S/C24H19BrN2/c25-27(23-14-8-3-9-15-23)24-18-16-22(17-19-24)26(20-10-4-1-5-11-20)21-12-6-2-7-13-21/h1-19H. The summed E-state index contributed by atoms with van der Waals surface area (Å²) in [5, 5.41) is 0. The van der Waals surface area contributed by atoms with Crippen LogP contribution in [0.4, 0.5) is 28.4 Å². The van der Waals surface area contributed by atoms with Gasteiger partial charge in [-0.05, 0) is 60.7 Å². The fraction of sp³-hybridized carbons (Fsp3) is 0. The fourth-order valence-corrected chi connectivity index (χ4v) is 3.51. The first kappa shape index (κ1) is 17.4. The summed E-state index contributed by atoms with van der Waals surface area (Å²) in [7, 11) is 0. The monoisotopic (exact) mass is 414 g/mol. The second kappa shape index (κ2) is 8.11. The molecular formula is C24H19BrN2. The molecule has 0 saturated heterocycles. The maximum absolute atomic E-state index is 3.67. The number of rotatable bonds is 5. The predicted molar refractivity (Wildman–Crippen MR) is 119 cm³/mol. The summed E-state index contributed by atoms with van der Waals surface area (Å²) in [6.45, 7) is 0. The molecule has 2 nitrogen and oxygen atoms in total. The number of halogens is 1. The van der Waals surface area contributed by atoms with E-state index in [-0.39, 0.29) is 0 Å². The fourth-order valence-electron chi connectivity index (χ4n) is 3.04. The van der Waals surface area contributed by atoms with Crippen LogP contribution in [0.5, 0.6) is 0 Å². The van der Waals surface area contributed by atoms with Gasteiger partial charge in [0.15, 0.2) is 0 Å². The molecule has 0 atom stereocenters. The summed E-state index contributed by atoms with van der Waals surface area (Å²) in [6.07, 6.45) is 0. The Balaban J connectivity index is 1.69. The molecule has 0 aromatic heterocycles. The molecule has 0 amide bonds. The minimum absolute atomic E-state index is 1.08. The Kier molecular flexibility index (Phi) is 5.22. The molecule has 0 radical (unpaired) electrons. The van der Waals surface area contributed by atoms with Crippen LogP contribution in [0, 0.1) is 0 Å². The van der Waals surface area contributed by atoms with Crippen LogP contribution in [0.1, 0.15) is 0 Å². The first-order chi connectivity index (χ1) is 13.3. The van der Waals surface area contributed by atoms with Crippen molar-refractivity contribution in [2.24, 2.45) is 0 Å². The molecule has 0 unspecified atom stereocenters. The van der Waals surface area contributed by atoms with Crippen LogP contribution in [-0.4, -0.2) is 0 Å². The molecule has 4 aromatic rings. The van der Waals surface area contributed by atoms with Crippen LogP contribution in [0.15, 0.2) is 115 Å². The van der Waals surface area contributed by atoms with Gasteiger partial charge in [0.1, 0.15) is 0 Å². The third-order valence-corrected chi connectivity index (χ3v) is 5.17. The quantitative estimate of drug-likeness (QED) is 0.310. The maximum atomic E-state index is 3.67. The molecule has 132 valence electrons. The molecule has 0 heterocycles. The third-order valence-electron chi connectivity index (χ3n) is 4.35. The molecule has 3 heteroatoms. The van der Waals surface area contributed by atoms with Gasteiger partial charge in [0.2, 0.25) is 0 Å². The van der Waals surface area contributed by atoms with E-state index in [4.69, 9.17) is 0 Å². The zero-order valence-electron chi connectivity index (χ0n) is 14.7. The van der Waals surface area contributed by atoms with Crippen LogP contribution in [0.25, 0.3) is 0 Å². The van der Waals surface area contributed by atoms with Crippen molar-refractivity contribution >= 4 is 44.6 Å². The Hall–Kier alpha value is -3.04. The van der Waals surface area contributed by atoms with E-state index in [9.17, 15) is 0 Å². The van der Waals surface area contributed by atoms with E-state index in [1.165, 1.54) is 0 Å². The van der Waals surface area contributed by atoms with Crippen LogP contribution < -0.4 is 8.83 Å². The number of benzene rings is 4. The second-order valence-corrected chi connectivity index (χ2v) is 6.85. The zero-order valence-corrected chi connectivity index (χ0v) is 16.3. The first-order valence-corrected chi connectivity index (χ1v) is 9.55. The summed E-state index contributed by atoms with van der Waals surface area (Å²) in [5.74, 6) is 0. The summed E-state index contributed by atoms with van der Waals surface area (Å²) < 4.78 is 2.01. The van der Waals surface area contributed by atoms with Gasteiger partial charge in [-0.3, -0.25) is 3.93 Å². The van der Waals surface area contributed by atoms with Crippen molar-refractivity contribution in [2.45, 2.75) is 0 Å². The SMILES string of the molecule is BrN(c1ccccc1)c1ccc(N(c2ccccc2)c2ccccc2)cc1. The van der Waals surface area contributed by atoms with Gasteiger partial charge in [0.05, 0.1) is 27.5 Å². The van der Waals surface area contributed by atoms with Crippen LogP contribution >= 0.6 is 16.1 Å². The molecule has 0 aliphatic heterocycles. The highest BCUT2D eigenvalue weighted by Crippen LogP contribution is 2.36. The van der Waals surface area contributed by atoms with Crippen LogP contribution in [-0.2, 0) is 0 Å². The molecule has 27 heavy (non-hydrogen) atoms. The lowest BCUT2D eigenvalue weighted by atomic mass is 10.2. The summed E-state index contributed by atoms with van der Waals surface area (Å²) >= 11 is 3.67. The number of nitrogens with zero attached hydrogens (tertiary/aromatic N) is 2. The van der Waals surface area contributed by atoms with Crippen molar-refractivity contribution in [3.63, 3.8) is 0 Å². The highest BCUT2D eigenvalue weighted by atomic mass is 79.9. The lowest BCUT2D eigenvalue weighted by Crippen LogP contribution is -2.10. The van der Waals surface area contributed by atoms with E-state index < -0.39 is 0 Å². The summed E-state index contributed by atoms with van der Waals surface area (Å²) in [5.41, 5.74) is 5.55. The van der Waals surface area contributed by atoms with Gasteiger partial charge in [0.25, 0.3) is 0 Å². The van der Waals surface area contributed by atoms with Gasteiger partial charge in [-0.2, -0.15) is 0 Å². The van der Waals surface area contributed by atoms with Gasteiger partial charge >= 0.3 is 0 Å². The molecule has 4 aromatic carbocycles. The van der Waals surface area contributed by atoms with Crippen molar-refractivity contribution in [3.8, 4) is 0 Å². The summed E-state index contributed by atoms with van der Waals surface area (Å²) in [6, 6.07) is 39.6. The topological polar surface area (TPSA) is 6.48 Å². The van der Waals surface area contributed by atoms with Crippen molar-refractivity contribution in [3.05, 3.63) is 115 Å². The van der Waals surface area contributed by atoms with Gasteiger partial charge in [-0.25, -0.2) is 0 Å². The van der Waals surface area contributed by atoms with Gasteiger partial charge in [-0.1, -0.05) is 54.6 Å². The van der Waals surface area contributed by atoms with E-state index >= 15 is 0 Å². The van der Waals surface area contributed by atoms with E-state index in [0.717, 1.165) is 28.4 Å². The molecule has 0 aliphatic rings. The molecule has 0 spiro atoms. The Labute approximate surface area is 168 Å². The largest absolute Gasteiger partial charge is 0.311 e. The average Bonchev–Trinajstić information content (AvgIpc) is 2.76. The molecular weight excluding hydrogens is 396 g/mol. The lowest BCUT2D eigenvalue weighted by Gasteiger charge is -2.26. The highest BCUT2D eigenvalue weighted by Gasteiger charge is 2.12. The van der Waals surface area contributed by atoms with E-state index in [1.54, 1.807) is 0 Å². The number of hydrogen-bond donors (Lipinski definition) is 0. The zero-order chi connectivity index (χ0) is 18.5. The number of anilines is 5. The van der Waals surface area contributed by atoms with E-state index in [0.29, 0.717) is 0 Å². The van der Waals surface area contributed by atoms with Crippen LogP contribution in [0.3, 0.4) is 0 Å². The van der Waals surface area contributed by atoms with Crippen LogP contribution in [0.2, 0.25) is 0 Å². The maximum Gasteiger partial charge on any atom is 0.0551 e. The third kappa shape index (κ3) is 3.88. The molecule has 0 N–H and O–H groups in total. The Bertz CT molecular complexity index is 932. The second-order valence-electron chi connectivity index (χ2n) is 6.14. The van der Waals surface area contributed by atoms with Gasteiger partial charge in [-0.15, -0.1) is 0 Å². The molecule has 0 saturated carbocycles. The normalized spacial score (nSPS) is 10.4. The Morgan fingerprint density at radius 2 is 0.667 bits per heavy atom. The minimum Gasteiger partial charge on any atom is -0.311 e. The smallest absolute Gasteiger partial charge is 0.0551 e. The minimum atomic E-state index is 1.08. The Morgan fingerprint density at radius 1 is 0.370 bits per heavy atom. The average molecular weight is 415 g/mol. The van der Waals surface area contributed by atoms with E-state index in [2.05, 4.69) is 106 Å². The molecule has 0 fully saturated rings. The van der Waals surface area contributed by atoms with Crippen molar-refractivity contribution in [2.75, 3.05) is 8.83 Å². The first-order valence-electron chi connectivity index (χ1n) is 8.84. The van der Waals surface area contributed by atoms with Crippen molar-refractivity contribution in [1.82, 2.24) is 0 Å². The summed E-state index contributed by atoms with van der Waals surface area (Å²) in [4.78, 5) is 2.25. The van der Waals surface area contributed by atoms with Crippen molar-refractivity contribution in [1.29, 1.82) is 0 Å². The number of hydrogen-bond acceptors (Lipinski definition) is 2. The predicted octanol–water partition coefficient (Wildman–Crippen LogP) is 7.60. The highest BCUT2D eigenvalue weighted by molar-refractivity contribution is 9.10. The van der Waals surface area contributed by atoms with Gasteiger partial charge in [0, 0.05) is 17.1 Å². The lowest BCUT2D eigenvalue weighted by molar-refractivity contribution is 1.28. The van der Waals surface area contributed by atoms with Crippen molar-refractivity contribution < 1.29 is 0 Å². The number of para-hydroxylation sites is 3. The molecule has 4 rings (SSSR count). The molecule has 0 bridgehead atoms. The molecule has 0 aliphatic carbocycles.